The lowest BCUT2D eigenvalue weighted by atomic mass is 10.2. The molecular weight excluding hydrogens is 359 g/mol. The fourth-order valence-electron chi connectivity index (χ4n) is 3.29. The highest BCUT2D eigenvalue weighted by Gasteiger charge is 2.33. The molecule has 3 nitrogen and oxygen atoms in total. The molecule has 0 bridgehead atoms. The molecule has 2 aliphatic heterocycles. The molecule has 0 aliphatic carbocycles. The molecule has 134 valence electrons. The van der Waals surface area contributed by atoms with Gasteiger partial charge in [0.1, 0.15) is 0 Å². The molecule has 4 rings (SSSR count). The Morgan fingerprint density at radius 1 is 0.769 bits per heavy atom. The predicted octanol–water partition coefficient (Wildman–Crippen LogP) is 5.26. The van der Waals surface area contributed by atoms with Crippen molar-refractivity contribution >= 4 is 28.9 Å². The van der Waals surface area contributed by atoms with E-state index in [-0.39, 0.29) is 0 Å². The zero-order chi connectivity index (χ0) is 18.0. The molecule has 0 saturated carbocycles. The molecule has 26 heavy (non-hydrogen) atoms. The lowest BCUT2D eigenvalue weighted by Gasteiger charge is -2.37. The van der Waals surface area contributed by atoms with Crippen molar-refractivity contribution in [2.75, 3.05) is 33.2 Å². The van der Waals surface area contributed by atoms with Crippen LogP contribution in [0.5, 0.6) is 0 Å². The van der Waals surface area contributed by atoms with Crippen LogP contribution in [0, 0.1) is 0 Å². The van der Waals surface area contributed by atoms with Crippen LogP contribution in [0.1, 0.15) is 11.1 Å². The van der Waals surface area contributed by atoms with Crippen molar-refractivity contribution < 1.29 is 4.57 Å². The van der Waals surface area contributed by atoms with Gasteiger partial charge in [0.25, 0.3) is 0 Å². The molecule has 0 unspecified atom stereocenters. The number of benzene rings is 2. The standard InChI is InChI=1S/C21H23N2OPS/c1-22-12-14-23(15-13-22)25(24)16-20(18-8-4-2-5-9-18)26-21(17-25)19-10-6-3-7-11-19/h2-11,16-17H,12-15H2,1H3. The molecule has 0 radical (unpaired) electrons. The summed E-state index contributed by atoms with van der Waals surface area (Å²) in [7, 11) is -0.571. The Labute approximate surface area is 159 Å². The number of nitrogens with zero attached hydrogens (tertiary/aromatic N) is 2. The van der Waals surface area contributed by atoms with Gasteiger partial charge in [-0.15, -0.1) is 0 Å². The minimum atomic E-state index is -2.70. The number of hydrogen-bond acceptors (Lipinski definition) is 3. The number of rotatable bonds is 3. The normalized spacial score (nSPS) is 21.1. The molecule has 5 heteroatoms. The molecule has 2 heterocycles. The van der Waals surface area contributed by atoms with Crippen LogP contribution in [0.25, 0.3) is 9.81 Å². The van der Waals surface area contributed by atoms with Crippen molar-refractivity contribution in [1.29, 1.82) is 0 Å². The average Bonchev–Trinajstić information content (AvgIpc) is 2.69. The van der Waals surface area contributed by atoms with Crippen LogP contribution < -0.4 is 0 Å². The van der Waals surface area contributed by atoms with E-state index >= 15 is 0 Å². The Balaban J connectivity index is 1.75. The first-order valence-electron chi connectivity index (χ1n) is 8.92. The van der Waals surface area contributed by atoms with Gasteiger partial charge in [-0.05, 0) is 18.2 Å². The molecule has 0 amide bonds. The Morgan fingerprint density at radius 2 is 1.23 bits per heavy atom. The third-order valence-corrected chi connectivity index (χ3v) is 8.90. The Bertz CT molecular complexity index is 812. The fourth-order valence-corrected chi connectivity index (χ4v) is 7.54. The van der Waals surface area contributed by atoms with E-state index in [0.717, 1.165) is 47.1 Å². The van der Waals surface area contributed by atoms with Gasteiger partial charge in [0.15, 0.2) is 7.29 Å². The van der Waals surface area contributed by atoms with Crippen LogP contribution in [-0.4, -0.2) is 42.8 Å². The zero-order valence-electron chi connectivity index (χ0n) is 14.9. The van der Waals surface area contributed by atoms with Crippen LogP contribution in [-0.2, 0) is 4.57 Å². The van der Waals surface area contributed by atoms with Crippen LogP contribution in [0.15, 0.2) is 72.3 Å². The van der Waals surface area contributed by atoms with E-state index in [1.807, 2.05) is 48.0 Å². The second kappa shape index (κ2) is 7.58. The quantitative estimate of drug-likeness (QED) is 0.676. The van der Waals surface area contributed by atoms with Gasteiger partial charge in [-0.2, -0.15) is 0 Å². The monoisotopic (exact) mass is 382 g/mol. The largest absolute Gasteiger partial charge is 0.304 e. The van der Waals surface area contributed by atoms with E-state index in [0.29, 0.717) is 0 Å². The summed E-state index contributed by atoms with van der Waals surface area (Å²) in [5, 5.41) is 0. The minimum absolute atomic E-state index is 0.843. The maximum atomic E-state index is 14.0. The van der Waals surface area contributed by atoms with Crippen LogP contribution in [0.2, 0.25) is 0 Å². The lowest BCUT2D eigenvalue weighted by Crippen LogP contribution is -2.42. The second-order valence-electron chi connectivity index (χ2n) is 6.75. The summed E-state index contributed by atoms with van der Waals surface area (Å²) in [6.07, 6.45) is 0. The van der Waals surface area contributed by atoms with Crippen LogP contribution in [0.4, 0.5) is 0 Å². The highest BCUT2D eigenvalue weighted by molar-refractivity contribution is 8.17. The van der Waals surface area contributed by atoms with Crippen LogP contribution in [0.3, 0.4) is 0 Å². The van der Waals surface area contributed by atoms with E-state index in [4.69, 9.17) is 0 Å². The molecule has 1 fully saturated rings. The van der Waals surface area contributed by atoms with Gasteiger partial charge in [0, 0.05) is 47.6 Å². The summed E-state index contributed by atoms with van der Waals surface area (Å²) in [6, 6.07) is 20.6. The average molecular weight is 382 g/mol. The molecule has 2 aliphatic rings. The number of hydrogen-bond donors (Lipinski definition) is 0. The summed E-state index contributed by atoms with van der Waals surface area (Å²) in [6.45, 7) is 3.60. The summed E-state index contributed by atoms with van der Waals surface area (Å²) in [4.78, 5) is 4.48. The summed E-state index contributed by atoms with van der Waals surface area (Å²) < 4.78 is 16.2. The smallest absolute Gasteiger partial charge is 0.195 e. The summed E-state index contributed by atoms with van der Waals surface area (Å²) >= 11 is 1.72. The number of piperazine rings is 1. The SMILES string of the molecule is CN1CCN(P2(=O)C=C(c3ccccc3)SC(c3ccccc3)=C2)CC1. The van der Waals surface area contributed by atoms with Gasteiger partial charge in [-0.25, -0.2) is 4.67 Å². The molecule has 1 saturated heterocycles. The van der Waals surface area contributed by atoms with Gasteiger partial charge in [0.2, 0.25) is 0 Å². The first-order chi connectivity index (χ1) is 12.6. The van der Waals surface area contributed by atoms with E-state index in [2.05, 4.69) is 40.9 Å². The molecular formula is C21H23N2OPS. The number of likely N-dealkylation sites (N-methyl/N-ethyl adjacent to an activating group) is 1. The minimum Gasteiger partial charge on any atom is -0.304 e. The molecule has 0 aromatic heterocycles. The van der Waals surface area contributed by atoms with Gasteiger partial charge in [-0.1, -0.05) is 72.4 Å². The predicted molar refractivity (Wildman–Crippen MR) is 113 cm³/mol. The van der Waals surface area contributed by atoms with Crippen molar-refractivity contribution in [2.24, 2.45) is 0 Å². The van der Waals surface area contributed by atoms with E-state index in [1.54, 1.807) is 11.8 Å². The Hall–Kier alpha value is -1.58. The van der Waals surface area contributed by atoms with Crippen molar-refractivity contribution in [1.82, 2.24) is 9.57 Å². The molecule has 2 aromatic carbocycles. The fraction of sp³-hybridized carbons (Fsp3) is 0.238. The summed E-state index contributed by atoms with van der Waals surface area (Å²) in [5.74, 6) is 4.04. The lowest BCUT2D eigenvalue weighted by molar-refractivity contribution is 0.223. The highest BCUT2D eigenvalue weighted by atomic mass is 32.2. The van der Waals surface area contributed by atoms with Crippen molar-refractivity contribution in [3.05, 3.63) is 83.4 Å². The van der Waals surface area contributed by atoms with Crippen molar-refractivity contribution in [2.45, 2.75) is 0 Å². The van der Waals surface area contributed by atoms with E-state index in [9.17, 15) is 4.57 Å². The van der Waals surface area contributed by atoms with E-state index in [1.165, 1.54) is 0 Å². The Morgan fingerprint density at radius 3 is 1.69 bits per heavy atom. The summed E-state index contributed by atoms with van der Waals surface area (Å²) in [5.41, 5.74) is 2.27. The van der Waals surface area contributed by atoms with Gasteiger partial charge >= 0.3 is 0 Å². The van der Waals surface area contributed by atoms with Gasteiger partial charge in [-0.3, -0.25) is 4.57 Å². The second-order valence-corrected chi connectivity index (χ2v) is 10.3. The van der Waals surface area contributed by atoms with Crippen molar-refractivity contribution in [3.63, 3.8) is 0 Å². The molecule has 2 aromatic rings. The maximum Gasteiger partial charge on any atom is 0.195 e. The first kappa shape index (κ1) is 17.8. The third kappa shape index (κ3) is 3.74. The molecule has 0 spiro atoms. The van der Waals surface area contributed by atoms with Gasteiger partial charge < -0.3 is 4.90 Å². The number of thioether (sulfide) groups is 1. The first-order valence-corrected chi connectivity index (χ1v) is 11.5. The topological polar surface area (TPSA) is 23.6 Å². The van der Waals surface area contributed by atoms with E-state index < -0.39 is 7.29 Å². The highest BCUT2D eigenvalue weighted by Crippen LogP contribution is 2.63. The Kier molecular flexibility index (Phi) is 5.19. The third-order valence-electron chi connectivity index (χ3n) is 4.86. The maximum absolute atomic E-state index is 14.0. The van der Waals surface area contributed by atoms with Crippen molar-refractivity contribution in [3.8, 4) is 0 Å². The molecule has 0 N–H and O–H groups in total. The van der Waals surface area contributed by atoms with Crippen LogP contribution >= 0.6 is 19.1 Å². The molecule has 0 atom stereocenters. The zero-order valence-corrected chi connectivity index (χ0v) is 16.6. The van der Waals surface area contributed by atoms with Gasteiger partial charge in [0.05, 0.1) is 0 Å².